The number of hydrogen-bond donors (Lipinski definition) is 0. The molecule has 0 bridgehead atoms. The summed E-state index contributed by atoms with van der Waals surface area (Å²) >= 11 is 0. The van der Waals surface area contributed by atoms with Crippen LogP contribution in [0.3, 0.4) is 0 Å². The molecule has 1 spiro atoms. The molecule has 0 radical (unpaired) electrons. The molecule has 0 aromatic heterocycles. The maximum Gasteiger partial charge on any atom is 0.201 e. The largest absolute Gasteiger partial charge is 0.347 e. The van der Waals surface area contributed by atoms with Crippen LogP contribution < -0.4 is 0 Å². The standard InChI is InChI=1S/C11H20O3/c1-10(2)8-9-12-11(14-13-10)6-4-3-5-7-11/h3-9H2,1-2H3. The van der Waals surface area contributed by atoms with Crippen LogP contribution in [0.4, 0.5) is 0 Å². The zero-order valence-corrected chi connectivity index (χ0v) is 9.17. The lowest BCUT2D eigenvalue weighted by Gasteiger charge is -2.34. The lowest BCUT2D eigenvalue weighted by atomic mass is 9.94. The fraction of sp³-hybridized carbons (Fsp3) is 1.00. The Labute approximate surface area is 85.6 Å². The van der Waals surface area contributed by atoms with Crippen LogP contribution in [-0.4, -0.2) is 18.0 Å². The van der Waals surface area contributed by atoms with Gasteiger partial charge in [0, 0.05) is 19.3 Å². The zero-order chi connectivity index (χ0) is 10.1. The van der Waals surface area contributed by atoms with Gasteiger partial charge >= 0.3 is 0 Å². The monoisotopic (exact) mass is 200 g/mol. The maximum absolute atomic E-state index is 5.82. The Balaban J connectivity index is 1.99. The van der Waals surface area contributed by atoms with Gasteiger partial charge in [0.1, 0.15) is 5.60 Å². The molecular formula is C11H20O3. The highest BCUT2D eigenvalue weighted by atomic mass is 17.2. The van der Waals surface area contributed by atoms with Crippen molar-refractivity contribution in [1.29, 1.82) is 0 Å². The average Bonchev–Trinajstić information content (AvgIpc) is 2.29. The van der Waals surface area contributed by atoms with Crippen LogP contribution in [0.15, 0.2) is 0 Å². The highest BCUT2D eigenvalue weighted by molar-refractivity contribution is 4.77. The summed E-state index contributed by atoms with van der Waals surface area (Å²) in [5.74, 6) is -0.425. The van der Waals surface area contributed by atoms with Gasteiger partial charge in [0.05, 0.1) is 6.61 Å². The van der Waals surface area contributed by atoms with Crippen molar-refractivity contribution in [3.8, 4) is 0 Å². The van der Waals surface area contributed by atoms with Crippen molar-refractivity contribution in [2.24, 2.45) is 0 Å². The van der Waals surface area contributed by atoms with Gasteiger partial charge in [-0.15, -0.1) is 0 Å². The molecule has 1 heterocycles. The van der Waals surface area contributed by atoms with Gasteiger partial charge in [-0.1, -0.05) is 6.42 Å². The Bertz CT molecular complexity index is 195. The summed E-state index contributed by atoms with van der Waals surface area (Å²) in [6.45, 7) is 4.82. The van der Waals surface area contributed by atoms with E-state index in [9.17, 15) is 0 Å². The van der Waals surface area contributed by atoms with E-state index in [0.717, 1.165) is 25.9 Å². The summed E-state index contributed by atoms with van der Waals surface area (Å²) in [5.41, 5.74) is -0.207. The highest BCUT2D eigenvalue weighted by Crippen LogP contribution is 2.37. The predicted octanol–water partition coefficient (Wildman–Crippen LogP) is 2.79. The summed E-state index contributed by atoms with van der Waals surface area (Å²) in [6.07, 6.45) is 6.51. The van der Waals surface area contributed by atoms with Crippen molar-refractivity contribution >= 4 is 0 Å². The van der Waals surface area contributed by atoms with Crippen LogP contribution >= 0.6 is 0 Å². The summed E-state index contributed by atoms with van der Waals surface area (Å²) in [5, 5.41) is 0. The van der Waals surface area contributed by atoms with Gasteiger partial charge < -0.3 is 4.74 Å². The molecule has 3 heteroatoms. The van der Waals surface area contributed by atoms with Crippen molar-refractivity contribution in [3.05, 3.63) is 0 Å². The van der Waals surface area contributed by atoms with E-state index in [1.165, 1.54) is 19.3 Å². The highest BCUT2D eigenvalue weighted by Gasteiger charge is 2.40. The minimum absolute atomic E-state index is 0.207. The van der Waals surface area contributed by atoms with Gasteiger partial charge in [-0.05, 0) is 26.7 Å². The third-order valence-corrected chi connectivity index (χ3v) is 3.10. The summed E-state index contributed by atoms with van der Waals surface area (Å²) in [4.78, 5) is 11.0. The molecule has 3 nitrogen and oxygen atoms in total. The topological polar surface area (TPSA) is 27.7 Å². The van der Waals surface area contributed by atoms with Gasteiger partial charge in [0.2, 0.25) is 5.79 Å². The maximum atomic E-state index is 5.82. The SMILES string of the molecule is CC1(C)CCOC2(CCCCC2)OO1. The first-order valence-corrected chi connectivity index (χ1v) is 5.63. The molecule has 0 aromatic carbocycles. The summed E-state index contributed by atoms with van der Waals surface area (Å²) in [6, 6.07) is 0. The number of hydrogen-bond acceptors (Lipinski definition) is 3. The summed E-state index contributed by atoms with van der Waals surface area (Å²) < 4.78 is 5.82. The van der Waals surface area contributed by atoms with Gasteiger partial charge in [0.15, 0.2) is 0 Å². The first kappa shape index (κ1) is 10.4. The van der Waals surface area contributed by atoms with Crippen LogP contribution in [0.1, 0.15) is 52.4 Å². The van der Waals surface area contributed by atoms with Crippen LogP contribution in [0.25, 0.3) is 0 Å². The molecule has 1 saturated heterocycles. The fourth-order valence-corrected chi connectivity index (χ4v) is 2.06. The molecule has 2 fully saturated rings. The van der Waals surface area contributed by atoms with Crippen LogP contribution in [0.2, 0.25) is 0 Å². The van der Waals surface area contributed by atoms with E-state index in [1.54, 1.807) is 0 Å². The Morgan fingerprint density at radius 3 is 2.29 bits per heavy atom. The Hall–Kier alpha value is -0.120. The first-order valence-electron chi connectivity index (χ1n) is 5.63. The molecule has 0 atom stereocenters. The molecule has 0 unspecified atom stereocenters. The van der Waals surface area contributed by atoms with Crippen molar-refractivity contribution in [2.45, 2.75) is 63.8 Å². The smallest absolute Gasteiger partial charge is 0.201 e. The normalized spacial score (nSPS) is 31.3. The minimum atomic E-state index is -0.425. The second kappa shape index (κ2) is 3.80. The third-order valence-electron chi connectivity index (χ3n) is 3.10. The number of ether oxygens (including phenoxy) is 1. The minimum Gasteiger partial charge on any atom is -0.347 e. The van der Waals surface area contributed by atoms with Crippen molar-refractivity contribution in [3.63, 3.8) is 0 Å². The number of rotatable bonds is 0. The van der Waals surface area contributed by atoms with Crippen LogP contribution in [0, 0.1) is 0 Å². The molecule has 14 heavy (non-hydrogen) atoms. The molecular weight excluding hydrogens is 180 g/mol. The van der Waals surface area contributed by atoms with Crippen molar-refractivity contribution in [2.75, 3.05) is 6.61 Å². The molecule has 2 aliphatic rings. The molecule has 0 aromatic rings. The molecule has 0 N–H and O–H groups in total. The van der Waals surface area contributed by atoms with Gasteiger partial charge in [-0.25, -0.2) is 9.78 Å². The molecule has 82 valence electrons. The van der Waals surface area contributed by atoms with E-state index in [-0.39, 0.29) is 5.60 Å². The quantitative estimate of drug-likeness (QED) is 0.563. The van der Waals surface area contributed by atoms with E-state index in [1.807, 2.05) is 13.8 Å². The molecule has 1 aliphatic carbocycles. The lowest BCUT2D eigenvalue weighted by molar-refractivity contribution is -0.450. The van der Waals surface area contributed by atoms with E-state index in [4.69, 9.17) is 14.5 Å². The van der Waals surface area contributed by atoms with Crippen molar-refractivity contribution < 1.29 is 14.5 Å². The van der Waals surface area contributed by atoms with Gasteiger partial charge in [0.25, 0.3) is 0 Å². The zero-order valence-electron chi connectivity index (χ0n) is 9.17. The molecule has 1 saturated carbocycles. The van der Waals surface area contributed by atoms with Crippen LogP contribution in [0.5, 0.6) is 0 Å². The van der Waals surface area contributed by atoms with Crippen molar-refractivity contribution in [1.82, 2.24) is 0 Å². The molecule has 0 amide bonds. The Kier molecular flexibility index (Phi) is 2.82. The van der Waals surface area contributed by atoms with Crippen LogP contribution in [-0.2, 0) is 14.5 Å². The molecule has 2 rings (SSSR count). The van der Waals surface area contributed by atoms with E-state index >= 15 is 0 Å². The van der Waals surface area contributed by atoms with E-state index in [2.05, 4.69) is 0 Å². The summed E-state index contributed by atoms with van der Waals surface area (Å²) in [7, 11) is 0. The third kappa shape index (κ3) is 2.27. The lowest BCUT2D eigenvalue weighted by Crippen LogP contribution is -2.37. The second-order valence-corrected chi connectivity index (χ2v) is 5.00. The Morgan fingerprint density at radius 1 is 0.857 bits per heavy atom. The predicted molar refractivity (Wildman–Crippen MR) is 52.6 cm³/mol. The Morgan fingerprint density at radius 2 is 1.57 bits per heavy atom. The molecule has 1 aliphatic heterocycles. The average molecular weight is 200 g/mol. The fourth-order valence-electron chi connectivity index (χ4n) is 2.06. The first-order chi connectivity index (χ1) is 6.62. The second-order valence-electron chi connectivity index (χ2n) is 5.00. The van der Waals surface area contributed by atoms with Gasteiger partial charge in [-0.2, -0.15) is 0 Å². The van der Waals surface area contributed by atoms with E-state index in [0.29, 0.717) is 0 Å². The van der Waals surface area contributed by atoms with E-state index < -0.39 is 5.79 Å². The van der Waals surface area contributed by atoms with Gasteiger partial charge in [-0.3, -0.25) is 0 Å².